The van der Waals surface area contributed by atoms with Gasteiger partial charge >= 0.3 is 0 Å². The lowest BCUT2D eigenvalue weighted by molar-refractivity contribution is 0.318. The third-order valence-electron chi connectivity index (χ3n) is 3.89. The van der Waals surface area contributed by atoms with E-state index in [0.29, 0.717) is 6.04 Å². The first-order chi connectivity index (χ1) is 9.05. The molecule has 0 amide bonds. The normalized spacial score (nSPS) is 22.7. The molecule has 0 radical (unpaired) electrons. The molecule has 3 nitrogen and oxygen atoms in total. The van der Waals surface area contributed by atoms with Crippen molar-refractivity contribution in [3.05, 3.63) is 36.5 Å². The maximum Gasteiger partial charge on any atom is 0.0703 e. The topological polar surface area (TPSA) is 28.2 Å². The molecule has 100 valence electrons. The summed E-state index contributed by atoms with van der Waals surface area (Å²) in [5.74, 6) is 0. The third kappa shape index (κ3) is 2.43. The van der Waals surface area contributed by atoms with Crippen LogP contribution in [0, 0.1) is 0 Å². The molecule has 3 rings (SSSR count). The van der Waals surface area contributed by atoms with Crippen molar-refractivity contribution in [2.45, 2.75) is 32.4 Å². The van der Waals surface area contributed by atoms with E-state index in [1.807, 2.05) is 12.3 Å². The van der Waals surface area contributed by atoms with Crippen LogP contribution in [0.1, 0.15) is 20.8 Å². The number of hydrogen-bond acceptors (Lipinski definition) is 3. The predicted molar refractivity (Wildman–Crippen MR) is 80.6 cm³/mol. The van der Waals surface area contributed by atoms with Crippen LogP contribution in [0.3, 0.4) is 0 Å². The molecule has 1 atom stereocenters. The van der Waals surface area contributed by atoms with Crippen LogP contribution < -0.4 is 10.2 Å². The molecule has 1 aromatic carbocycles. The van der Waals surface area contributed by atoms with Crippen molar-refractivity contribution in [1.29, 1.82) is 0 Å². The van der Waals surface area contributed by atoms with Crippen molar-refractivity contribution in [2.75, 3.05) is 18.0 Å². The van der Waals surface area contributed by atoms with Gasteiger partial charge in [-0.3, -0.25) is 4.98 Å². The average Bonchev–Trinajstić information content (AvgIpc) is 2.41. The minimum atomic E-state index is 0.163. The van der Waals surface area contributed by atoms with E-state index in [1.54, 1.807) is 0 Å². The minimum Gasteiger partial charge on any atom is -0.366 e. The number of nitrogens with one attached hydrogen (secondary N) is 1. The number of nitrogens with zero attached hydrogens (tertiary/aromatic N) is 2. The molecule has 1 aliphatic rings. The summed E-state index contributed by atoms with van der Waals surface area (Å²) in [5.41, 5.74) is 2.52. The molecule has 3 heteroatoms. The van der Waals surface area contributed by atoms with Crippen LogP contribution in [0.15, 0.2) is 36.5 Å². The van der Waals surface area contributed by atoms with Gasteiger partial charge in [-0.1, -0.05) is 6.07 Å². The fourth-order valence-corrected chi connectivity index (χ4v) is 2.76. The van der Waals surface area contributed by atoms with Gasteiger partial charge in [-0.15, -0.1) is 0 Å². The van der Waals surface area contributed by atoms with E-state index in [-0.39, 0.29) is 5.54 Å². The lowest BCUT2D eigenvalue weighted by Gasteiger charge is -2.44. The highest BCUT2D eigenvalue weighted by atomic mass is 15.2. The molecule has 1 unspecified atom stereocenters. The maximum atomic E-state index is 4.38. The summed E-state index contributed by atoms with van der Waals surface area (Å²) >= 11 is 0. The average molecular weight is 255 g/mol. The van der Waals surface area contributed by atoms with E-state index >= 15 is 0 Å². The summed E-state index contributed by atoms with van der Waals surface area (Å²) in [5, 5.41) is 4.80. The van der Waals surface area contributed by atoms with Crippen LogP contribution in [0.2, 0.25) is 0 Å². The van der Waals surface area contributed by atoms with E-state index in [1.165, 1.54) is 11.1 Å². The Bertz CT molecular complexity index is 591. The highest BCUT2D eigenvalue weighted by Crippen LogP contribution is 2.26. The Balaban J connectivity index is 1.98. The highest BCUT2D eigenvalue weighted by molar-refractivity contribution is 5.82. The molecule has 0 spiro atoms. The molecule has 0 saturated carbocycles. The molecule has 2 aromatic rings. The second-order valence-corrected chi connectivity index (χ2v) is 6.12. The summed E-state index contributed by atoms with van der Waals surface area (Å²) < 4.78 is 0. The largest absolute Gasteiger partial charge is 0.366 e. The molecule has 1 aliphatic heterocycles. The van der Waals surface area contributed by atoms with Crippen LogP contribution in [-0.4, -0.2) is 29.7 Å². The number of fused-ring (bicyclic) bond motifs is 1. The smallest absolute Gasteiger partial charge is 0.0703 e. The number of anilines is 1. The van der Waals surface area contributed by atoms with Gasteiger partial charge in [0.15, 0.2) is 0 Å². The van der Waals surface area contributed by atoms with Gasteiger partial charge in [0.05, 0.1) is 5.52 Å². The quantitative estimate of drug-likeness (QED) is 0.849. The summed E-state index contributed by atoms with van der Waals surface area (Å²) in [4.78, 5) is 6.87. The van der Waals surface area contributed by atoms with Crippen molar-refractivity contribution in [2.24, 2.45) is 0 Å². The lowest BCUT2D eigenvalue weighted by atomic mass is 9.98. The van der Waals surface area contributed by atoms with Crippen LogP contribution >= 0.6 is 0 Å². The molecule has 2 heterocycles. The van der Waals surface area contributed by atoms with E-state index in [9.17, 15) is 0 Å². The van der Waals surface area contributed by atoms with Gasteiger partial charge in [-0.05, 0) is 45.0 Å². The molecular formula is C16H21N3. The summed E-state index contributed by atoms with van der Waals surface area (Å²) in [6.07, 6.45) is 1.85. The number of piperazine rings is 1. The van der Waals surface area contributed by atoms with Gasteiger partial charge in [0.1, 0.15) is 0 Å². The van der Waals surface area contributed by atoms with E-state index in [4.69, 9.17) is 0 Å². The van der Waals surface area contributed by atoms with Gasteiger partial charge < -0.3 is 10.2 Å². The standard InChI is InChI=1S/C16H21N3/c1-12-10-18-16(2,3)11-19(12)14-6-7-15-13(9-14)5-4-8-17-15/h4-9,12,18H,10-11H2,1-3H3. The van der Waals surface area contributed by atoms with Crippen molar-refractivity contribution >= 4 is 16.6 Å². The number of hydrogen-bond donors (Lipinski definition) is 1. The van der Waals surface area contributed by atoms with Crippen molar-refractivity contribution < 1.29 is 0 Å². The summed E-state index contributed by atoms with van der Waals surface area (Å²) in [6, 6.07) is 11.2. The first-order valence-electron chi connectivity index (χ1n) is 6.92. The van der Waals surface area contributed by atoms with Crippen LogP contribution in [0.4, 0.5) is 5.69 Å². The Morgan fingerprint density at radius 1 is 1.32 bits per heavy atom. The lowest BCUT2D eigenvalue weighted by Crippen LogP contribution is -2.61. The van der Waals surface area contributed by atoms with Crippen LogP contribution in [0.25, 0.3) is 10.9 Å². The maximum absolute atomic E-state index is 4.38. The van der Waals surface area contributed by atoms with Gasteiger partial charge in [0.25, 0.3) is 0 Å². The fourth-order valence-electron chi connectivity index (χ4n) is 2.76. The SMILES string of the molecule is CC1CNC(C)(C)CN1c1ccc2ncccc2c1. The van der Waals surface area contributed by atoms with Crippen molar-refractivity contribution in [3.63, 3.8) is 0 Å². The second-order valence-electron chi connectivity index (χ2n) is 6.12. The fraction of sp³-hybridized carbons (Fsp3) is 0.438. The Hall–Kier alpha value is -1.61. The van der Waals surface area contributed by atoms with E-state index < -0.39 is 0 Å². The first kappa shape index (κ1) is 12.4. The molecule has 1 fully saturated rings. The summed E-state index contributed by atoms with van der Waals surface area (Å²) in [7, 11) is 0. The monoisotopic (exact) mass is 255 g/mol. The Morgan fingerprint density at radius 3 is 3.00 bits per heavy atom. The molecular weight excluding hydrogens is 234 g/mol. The number of pyridine rings is 1. The second kappa shape index (κ2) is 4.49. The number of benzene rings is 1. The molecule has 19 heavy (non-hydrogen) atoms. The predicted octanol–water partition coefficient (Wildman–Crippen LogP) is 2.81. The van der Waals surface area contributed by atoms with Gasteiger partial charge in [0, 0.05) is 41.9 Å². The third-order valence-corrected chi connectivity index (χ3v) is 3.89. The molecule has 0 aliphatic carbocycles. The van der Waals surface area contributed by atoms with Gasteiger partial charge in [-0.2, -0.15) is 0 Å². The molecule has 1 N–H and O–H groups in total. The minimum absolute atomic E-state index is 0.163. The van der Waals surface area contributed by atoms with E-state index in [2.05, 4.69) is 60.2 Å². The number of aromatic nitrogens is 1. The van der Waals surface area contributed by atoms with Crippen LogP contribution in [0.5, 0.6) is 0 Å². The van der Waals surface area contributed by atoms with E-state index in [0.717, 1.165) is 18.6 Å². The highest BCUT2D eigenvalue weighted by Gasteiger charge is 2.30. The zero-order valence-electron chi connectivity index (χ0n) is 11.9. The zero-order valence-corrected chi connectivity index (χ0v) is 11.9. The van der Waals surface area contributed by atoms with Gasteiger partial charge in [-0.25, -0.2) is 0 Å². The number of rotatable bonds is 1. The Morgan fingerprint density at radius 2 is 2.16 bits per heavy atom. The molecule has 0 bridgehead atoms. The van der Waals surface area contributed by atoms with Gasteiger partial charge in [0.2, 0.25) is 0 Å². The molecule has 1 saturated heterocycles. The zero-order chi connectivity index (χ0) is 13.5. The Labute approximate surface area is 114 Å². The van der Waals surface area contributed by atoms with Crippen LogP contribution in [-0.2, 0) is 0 Å². The van der Waals surface area contributed by atoms with Crippen molar-refractivity contribution in [3.8, 4) is 0 Å². The van der Waals surface area contributed by atoms with Crippen molar-refractivity contribution in [1.82, 2.24) is 10.3 Å². The summed E-state index contributed by atoms with van der Waals surface area (Å²) in [6.45, 7) is 8.84. The molecule has 1 aromatic heterocycles. The Kier molecular flexibility index (Phi) is 2.94. The first-order valence-corrected chi connectivity index (χ1v) is 6.92.